The molecule has 1 unspecified atom stereocenters. The van der Waals surface area contributed by atoms with E-state index in [0.29, 0.717) is 25.1 Å². The molecule has 3 aromatic rings. The number of benzene rings is 3. The third-order valence-electron chi connectivity index (χ3n) is 6.85. The Labute approximate surface area is 212 Å². The molecule has 0 bridgehead atoms. The maximum Gasteiger partial charge on any atom is 0.261 e. The van der Waals surface area contributed by atoms with Crippen molar-refractivity contribution >= 4 is 36.1 Å². The summed E-state index contributed by atoms with van der Waals surface area (Å²) in [5.41, 5.74) is 5.97. The Morgan fingerprint density at radius 3 is 2.17 bits per heavy atom. The minimum Gasteiger partial charge on any atom is -0.409 e. The maximum absolute atomic E-state index is 14.7. The van der Waals surface area contributed by atoms with E-state index in [9.17, 15) is 9.18 Å². The quantitative estimate of drug-likeness (QED) is 0.167. The van der Waals surface area contributed by atoms with Crippen molar-refractivity contribution in [3.63, 3.8) is 0 Å². The van der Waals surface area contributed by atoms with Crippen LogP contribution in [0.25, 0.3) is 0 Å². The highest BCUT2D eigenvalue weighted by Crippen LogP contribution is 2.38. The van der Waals surface area contributed by atoms with Crippen molar-refractivity contribution in [2.45, 2.75) is 44.7 Å². The molecule has 1 aliphatic rings. The van der Waals surface area contributed by atoms with E-state index in [4.69, 9.17) is 15.4 Å². The second-order valence-electron chi connectivity index (χ2n) is 10.1. The van der Waals surface area contributed by atoms with E-state index in [2.05, 4.69) is 50.2 Å². The van der Waals surface area contributed by atoms with Gasteiger partial charge in [-0.15, -0.1) is 0 Å². The molecule has 188 valence electrons. The van der Waals surface area contributed by atoms with E-state index in [1.165, 1.54) is 12.1 Å². The second kappa shape index (κ2) is 10.2. The average Bonchev–Trinajstić information content (AvgIpc) is 3.24. The summed E-state index contributed by atoms with van der Waals surface area (Å²) in [5.74, 6) is -1.06. The number of hydrogen-bond donors (Lipinski definition) is 2. The normalized spacial score (nSPS) is 17.0. The number of carbonyl (C=O) groups is 1. The molecule has 4 rings (SSSR count). The second-order valence-corrected chi connectivity index (χ2v) is 14.4. The van der Waals surface area contributed by atoms with Gasteiger partial charge in [-0.25, -0.2) is 4.39 Å². The van der Waals surface area contributed by atoms with Gasteiger partial charge in [0.25, 0.3) is 8.32 Å². The lowest BCUT2D eigenvalue weighted by molar-refractivity contribution is -0.117. The van der Waals surface area contributed by atoms with Crippen molar-refractivity contribution in [2.24, 2.45) is 10.9 Å². The van der Waals surface area contributed by atoms with Crippen LogP contribution >= 0.6 is 0 Å². The van der Waals surface area contributed by atoms with E-state index < -0.39 is 14.1 Å². The van der Waals surface area contributed by atoms with Gasteiger partial charge in [-0.2, -0.15) is 0 Å². The van der Waals surface area contributed by atoms with Gasteiger partial charge in [-0.1, -0.05) is 86.6 Å². The number of halogens is 1. The number of nitrogens with two attached hydrogens (primary N) is 1. The fraction of sp³-hybridized carbons (Fsp3) is 0.286. The molecule has 8 heteroatoms. The highest BCUT2D eigenvalue weighted by Gasteiger charge is 2.51. The van der Waals surface area contributed by atoms with Crippen LogP contribution in [0.5, 0.6) is 0 Å². The largest absolute Gasteiger partial charge is 0.409 e. The lowest BCUT2D eigenvalue weighted by Gasteiger charge is -2.44. The summed E-state index contributed by atoms with van der Waals surface area (Å²) in [6.45, 7) is 6.94. The molecule has 1 fully saturated rings. The molecule has 3 aromatic carbocycles. The zero-order chi connectivity index (χ0) is 25.9. The molecule has 1 aliphatic heterocycles. The zero-order valence-corrected chi connectivity index (χ0v) is 21.8. The van der Waals surface area contributed by atoms with Crippen LogP contribution in [-0.4, -0.2) is 37.9 Å². The fourth-order valence-electron chi connectivity index (χ4n) is 5.15. The van der Waals surface area contributed by atoms with E-state index in [0.717, 1.165) is 10.4 Å². The Morgan fingerprint density at radius 1 is 1.08 bits per heavy atom. The summed E-state index contributed by atoms with van der Waals surface area (Å²) >= 11 is 0. The molecule has 1 amide bonds. The summed E-state index contributed by atoms with van der Waals surface area (Å²) in [5, 5.41) is 13.9. The van der Waals surface area contributed by atoms with E-state index >= 15 is 0 Å². The zero-order valence-electron chi connectivity index (χ0n) is 20.8. The molecule has 0 spiro atoms. The van der Waals surface area contributed by atoms with Crippen LogP contribution in [0.2, 0.25) is 5.04 Å². The highest BCUT2D eigenvalue weighted by atomic mass is 28.4. The first-order chi connectivity index (χ1) is 17.2. The van der Waals surface area contributed by atoms with Gasteiger partial charge in [0.05, 0.1) is 18.2 Å². The van der Waals surface area contributed by atoms with Crippen LogP contribution in [0.1, 0.15) is 39.2 Å². The Hall–Kier alpha value is -3.49. The molecule has 1 heterocycles. The minimum atomic E-state index is -2.78. The molecule has 0 aromatic heterocycles. The summed E-state index contributed by atoms with van der Waals surface area (Å²) in [6, 6.07) is 24.7. The van der Waals surface area contributed by atoms with Crippen molar-refractivity contribution in [2.75, 3.05) is 11.5 Å². The number of amidine groups is 1. The number of anilines is 1. The van der Waals surface area contributed by atoms with Crippen molar-refractivity contribution < 1.29 is 18.8 Å². The molecule has 3 N–H and O–H groups in total. The van der Waals surface area contributed by atoms with Crippen LogP contribution in [0.15, 0.2) is 84.0 Å². The van der Waals surface area contributed by atoms with Crippen molar-refractivity contribution in [1.82, 2.24) is 0 Å². The fourth-order valence-corrected chi connectivity index (χ4v) is 9.75. The minimum absolute atomic E-state index is 0.0204. The maximum atomic E-state index is 14.7. The lowest BCUT2D eigenvalue weighted by atomic mass is 10.1. The van der Waals surface area contributed by atoms with Crippen molar-refractivity contribution in [3.8, 4) is 0 Å². The van der Waals surface area contributed by atoms with Gasteiger partial charge in [-0.05, 0) is 40.0 Å². The molecule has 0 saturated carbocycles. The molecular weight excluding hydrogens is 473 g/mol. The predicted molar refractivity (Wildman–Crippen MR) is 143 cm³/mol. The molecular formula is C28H32FN3O3Si. The van der Waals surface area contributed by atoms with Gasteiger partial charge in [-0.3, -0.25) is 4.79 Å². The van der Waals surface area contributed by atoms with E-state index in [-0.39, 0.29) is 28.4 Å². The first kappa shape index (κ1) is 25.6. The van der Waals surface area contributed by atoms with Crippen molar-refractivity contribution in [1.29, 1.82) is 0 Å². The third kappa shape index (κ3) is 4.66. The van der Waals surface area contributed by atoms with E-state index in [1.807, 2.05) is 36.4 Å². The van der Waals surface area contributed by atoms with Gasteiger partial charge < -0.3 is 20.3 Å². The molecule has 0 radical (unpaired) electrons. The number of rotatable bonds is 7. The molecule has 6 nitrogen and oxygen atoms in total. The smallest absolute Gasteiger partial charge is 0.261 e. The lowest BCUT2D eigenvalue weighted by Crippen LogP contribution is -2.67. The Morgan fingerprint density at radius 2 is 1.67 bits per heavy atom. The van der Waals surface area contributed by atoms with Gasteiger partial charge in [0.15, 0.2) is 5.84 Å². The molecule has 0 aliphatic carbocycles. The van der Waals surface area contributed by atoms with Crippen LogP contribution in [-0.2, 0) is 9.22 Å². The van der Waals surface area contributed by atoms with Crippen molar-refractivity contribution in [3.05, 3.63) is 90.2 Å². The third-order valence-corrected chi connectivity index (χ3v) is 11.9. The molecule has 1 saturated heterocycles. The first-order valence-electron chi connectivity index (χ1n) is 12.0. The number of carbonyl (C=O) groups excluding carboxylic acids is 1. The summed E-state index contributed by atoms with van der Waals surface area (Å²) in [7, 11) is -2.78. The van der Waals surface area contributed by atoms with Crippen LogP contribution in [0.4, 0.5) is 10.1 Å². The monoisotopic (exact) mass is 505 g/mol. The summed E-state index contributed by atoms with van der Waals surface area (Å²) in [4.78, 5) is 14.5. The van der Waals surface area contributed by atoms with Gasteiger partial charge in [0.2, 0.25) is 5.91 Å². The van der Waals surface area contributed by atoms with Crippen LogP contribution in [0.3, 0.4) is 0 Å². The predicted octanol–water partition coefficient (Wildman–Crippen LogP) is 3.99. The number of hydrogen-bond acceptors (Lipinski definition) is 4. The van der Waals surface area contributed by atoms with Gasteiger partial charge in [0.1, 0.15) is 5.82 Å². The standard InChI is InChI=1S/C28H32FN3O3Si/c1-28(2,3)36(22-10-6-4-7-11-22,23-12-8-5-9-13-23)35-19-21-15-17-26(33)32(21)20-14-16-24(25(29)18-20)27(30)31-34/h4-14,16,18,21,34H,15,17,19H2,1-3H3,(H2,30,31). The van der Waals surface area contributed by atoms with Crippen LogP contribution < -0.4 is 21.0 Å². The number of nitrogens with zero attached hydrogens (tertiary/aromatic N) is 2. The van der Waals surface area contributed by atoms with Gasteiger partial charge in [0, 0.05) is 12.1 Å². The topological polar surface area (TPSA) is 88.2 Å². The number of oxime groups is 1. The first-order valence-corrected chi connectivity index (χ1v) is 13.9. The SMILES string of the molecule is CC(C)(C)[Si](OCC1CCC(=O)N1c1ccc(C(N)=NO)c(F)c1)(c1ccccc1)c1ccccc1. The average molecular weight is 506 g/mol. The summed E-state index contributed by atoms with van der Waals surface area (Å²) < 4.78 is 21.8. The van der Waals surface area contributed by atoms with Crippen LogP contribution in [0, 0.1) is 5.82 Å². The van der Waals surface area contributed by atoms with E-state index in [1.54, 1.807) is 11.0 Å². The van der Waals surface area contributed by atoms with Gasteiger partial charge >= 0.3 is 0 Å². The Bertz CT molecular complexity index is 1210. The Balaban J connectivity index is 1.71. The summed E-state index contributed by atoms with van der Waals surface area (Å²) in [6.07, 6.45) is 0.971. The number of amides is 1. The Kier molecular flexibility index (Phi) is 7.28. The molecule has 36 heavy (non-hydrogen) atoms. The highest BCUT2D eigenvalue weighted by molar-refractivity contribution is 6.99. The molecule has 1 atom stereocenters.